The van der Waals surface area contributed by atoms with Gasteiger partial charge in [-0.05, 0) is 129 Å². The Labute approximate surface area is 337 Å². The fourth-order valence-corrected chi connectivity index (χ4v) is 9.37. The van der Waals surface area contributed by atoms with Gasteiger partial charge in [0, 0.05) is 22.7 Å². The molecule has 0 unspecified atom stereocenters. The van der Waals surface area contributed by atoms with Crippen LogP contribution in [0.25, 0.3) is 32.3 Å². The van der Waals surface area contributed by atoms with Gasteiger partial charge in [0.05, 0.1) is 45.5 Å². The Hall–Kier alpha value is -7.82. The fourth-order valence-electron chi connectivity index (χ4n) is 9.37. The summed E-state index contributed by atoms with van der Waals surface area (Å²) in [5, 5.41) is 7.43. The van der Waals surface area contributed by atoms with E-state index in [-0.39, 0.29) is 0 Å². The van der Waals surface area contributed by atoms with Crippen LogP contribution in [-0.2, 0) is 0 Å². The summed E-state index contributed by atoms with van der Waals surface area (Å²) in [5.74, 6) is 0. The molecule has 0 spiro atoms. The molecule has 2 aliphatic heterocycles. The average molecular weight is 741 g/mol. The Morgan fingerprint density at radius 2 is 0.414 bits per heavy atom. The van der Waals surface area contributed by atoms with E-state index < -0.39 is 0 Å². The van der Waals surface area contributed by atoms with E-state index in [4.69, 9.17) is 0 Å². The third-order valence-electron chi connectivity index (χ3n) is 11.8. The molecule has 2 aliphatic rings. The monoisotopic (exact) mass is 740 g/mol. The largest absolute Gasteiger partial charge is 0.306 e. The molecule has 10 aromatic rings. The second-order valence-electron chi connectivity index (χ2n) is 15.0. The van der Waals surface area contributed by atoms with Crippen molar-refractivity contribution in [3.63, 3.8) is 0 Å². The van der Waals surface area contributed by atoms with Crippen LogP contribution in [0.15, 0.2) is 218 Å². The minimum Gasteiger partial charge on any atom is -0.306 e. The molecular formula is C54H36N4. The van der Waals surface area contributed by atoms with Gasteiger partial charge in [0.2, 0.25) is 0 Å². The molecule has 58 heavy (non-hydrogen) atoms. The lowest BCUT2D eigenvalue weighted by molar-refractivity contribution is 1.17. The number of hydrogen-bond donors (Lipinski definition) is 0. The van der Waals surface area contributed by atoms with E-state index in [2.05, 4.69) is 238 Å². The van der Waals surface area contributed by atoms with Crippen molar-refractivity contribution < 1.29 is 0 Å². The van der Waals surface area contributed by atoms with E-state index in [1.807, 2.05) is 0 Å². The maximum Gasteiger partial charge on any atom is 0.0703 e. The third-order valence-corrected chi connectivity index (χ3v) is 11.8. The van der Waals surface area contributed by atoms with Gasteiger partial charge in [-0.15, -0.1) is 0 Å². The van der Waals surface area contributed by atoms with Gasteiger partial charge in [-0.1, -0.05) is 121 Å². The summed E-state index contributed by atoms with van der Waals surface area (Å²) in [4.78, 5) is 9.60. The molecular weight excluding hydrogens is 705 g/mol. The zero-order valence-electron chi connectivity index (χ0n) is 31.6. The molecule has 4 heteroatoms. The Kier molecular flexibility index (Phi) is 7.20. The SMILES string of the molecule is c1ccc(N2c3ccccc3N(c3ccc4c5ccc(N6c7ccccc7N(c7ccccc7)c7ccccc76)cc5c5ccccc5c4c3)c3ccccc32)cc1. The summed E-state index contributed by atoms with van der Waals surface area (Å²) < 4.78 is 0. The lowest BCUT2D eigenvalue weighted by Gasteiger charge is -2.40. The first-order valence-electron chi connectivity index (χ1n) is 19.9. The van der Waals surface area contributed by atoms with Gasteiger partial charge in [-0.25, -0.2) is 0 Å². The standard InChI is InChI=1S/C54H36N4/c1-3-17-37(18-4-1)55-47-23-9-13-27-51(47)57(52-28-14-10-24-48(52)55)39-31-33-43-44-34-32-40(36-46(44)42-22-8-7-21-41(42)45(43)35-39)58-53-29-15-11-25-49(53)56(38-19-5-2-6-20-38)50-26-12-16-30-54(50)58/h1-36H. The fraction of sp³-hybridized carbons (Fsp3) is 0. The van der Waals surface area contributed by atoms with Crippen LogP contribution >= 0.6 is 0 Å². The van der Waals surface area contributed by atoms with E-state index in [1.54, 1.807) is 0 Å². The molecule has 0 atom stereocenters. The number of para-hydroxylation sites is 10. The Bertz CT molecular complexity index is 2880. The van der Waals surface area contributed by atoms with Gasteiger partial charge in [-0.3, -0.25) is 0 Å². The molecule has 0 aliphatic carbocycles. The Morgan fingerprint density at radius 3 is 0.724 bits per heavy atom. The van der Waals surface area contributed by atoms with Crippen molar-refractivity contribution in [1.82, 2.24) is 0 Å². The van der Waals surface area contributed by atoms with E-state index in [1.165, 1.54) is 32.3 Å². The average Bonchev–Trinajstić information content (AvgIpc) is 3.30. The highest BCUT2D eigenvalue weighted by molar-refractivity contribution is 6.26. The van der Waals surface area contributed by atoms with Crippen molar-refractivity contribution in [2.45, 2.75) is 0 Å². The van der Waals surface area contributed by atoms with Gasteiger partial charge in [0.15, 0.2) is 0 Å². The minimum atomic E-state index is 1.13. The van der Waals surface area contributed by atoms with E-state index >= 15 is 0 Å². The number of rotatable bonds is 4. The highest BCUT2D eigenvalue weighted by Crippen LogP contribution is 2.56. The second-order valence-corrected chi connectivity index (χ2v) is 15.0. The van der Waals surface area contributed by atoms with Crippen molar-refractivity contribution in [2.24, 2.45) is 0 Å². The Morgan fingerprint density at radius 1 is 0.172 bits per heavy atom. The predicted octanol–water partition coefficient (Wildman–Crippen LogP) is 15.7. The number of benzene rings is 10. The zero-order chi connectivity index (χ0) is 38.2. The van der Waals surface area contributed by atoms with Crippen LogP contribution in [0, 0.1) is 0 Å². The Balaban J connectivity index is 1.04. The lowest BCUT2D eigenvalue weighted by atomic mass is 9.93. The van der Waals surface area contributed by atoms with Gasteiger partial charge in [0.25, 0.3) is 0 Å². The van der Waals surface area contributed by atoms with Crippen molar-refractivity contribution in [1.29, 1.82) is 0 Å². The van der Waals surface area contributed by atoms with Gasteiger partial charge in [0.1, 0.15) is 0 Å². The van der Waals surface area contributed by atoms with Crippen LogP contribution in [-0.4, -0.2) is 0 Å². The molecule has 10 aromatic carbocycles. The summed E-state index contributed by atoms with van der Waals surface area (Å²) in [5.41, 5.74) is 13.7. The summed E-state index contributed by atoms with van der Waals surface area (Å²) in [7, 11) is 0. The first-order valence-corrected chi connectivity index (χ1v) is 19.9. The third kappa shape index (κ3) is 4.82. The minimum absolute atomic E-state index is 1.13. The van der Waals surface area contributed by atoms with Crippen LogP contribution < -0.4 is 19.6 Å². The number of hydrogen-bond acceptors (Lipinski definition) is 4. The molecule has 0 N–H and O–H groups in total. The molecule has 0 saturated carbocycles. The molecule has 0 saturated heterocycles. The summed E-state index contributed by atoms with van der Waals surface area (Å²) in [6.45, 7) is 0. The van der Waals surface area contributed by atoms with Crippen LogP contribution in [0.5, 0.6) is 0 Å². The summed E-state index contributed by atoms with van der Waals surface area (Å²) in [6.07, 6.45) is 0. The van der Waals surface area contributed by atoms with Crippen LogP contribution in [0.4, 0.5) is 68.2 Å². The lowest BCUT2D eigenvalue weighted by Crippen LogP contribution is -2.23. The highest BCUT2D eigenvalue weighted by Gasteiger charge is 2.32. The first kappa shape index (κ1) is 32.4. The predicted molar refractivity (Wildman–Crippen MR) is 245 cm³/mol. The zero-order valence-corrected chi connectivity index (χ0v) is 31.6. The van der Waals surface area contributed by atoms with E-state index in [9.17, 15) is 0 Å². The molecule has 272 valence electrons. The molecule has 4 nitrogen and oxygen atoms in total. The normalized spacial score (nSPS) is 13.0. The van der Waals surface area contributed by atoms with Gasteiger partial charge >= 0.3 is 0 Å². The maximum absolute atomic E-state index is 2.43. The van der Waals surface area contributed by atoms with Crippen molar-refractivity contribution in [3.8, 4) is 0 Å². The molecule has 0 bridgehead atoms. The van der Waals surface area contributed by atoms with E-state index in [0.29, 0.717) is 0 Å². The van der Waals surface area contributed by atoms with Gasteiger partial charge < -0.3 is 19.6 Å². The maximum atomic E-state index is 2.43. The first-order chi connectivity index (χ1) is 28.8. The highest BCUT2D eigenvalue weighted by atomic mass is 15.3. The van der Waals surface area contributed by atoms with Crippen LogP contribution in [0.3, 0.4) is 0 Å². The molecule has 12 rings (SSSR count). The summed E-state index contributed by atoms with van der Waals surface area (Å²) in [6, 6.07) is 79.2. The quantitative estimate of drug-likeness (QED) is 0.167. The number of anilines is 12. The van der Waals surface area contributed by atoms with Crippen molar-refractivity contribution in [2.75, 3.05) is 19.6 Å². The van der Waals surface area contributed by atoms with Crippen molar-refractivity contribution in [3.05, 3.63) is 218 Å². The van der Waals surface area contributed by atoms with Crippen molar-refractivity contribution >= 4 is 101 Å². The molecule has 0 radical (unpaired) electrons. The van der Waals surface area contributed by atoms with Gasteiger partial charge in [-0.2, -0.15) is 0 Å². The number of nitrogens with zero attached hydrogens (tertiary/aromatic N) is 4. The van der Waals surface area contributed by atoms with E-state index in [0.717, 1.165) is 68.2 Å². The molecule has 2 heterocycles. The molecule has 0 aromatic heterocycles. The smallest absolute Gasteiger partial charge is 0.0703 e. The van der Waals surface area contributed by atoms with Crippen LogP contribution in [0.2, 0.25) is 0 Å². The molecule has 0 fully saturated rings. The molecule has 0 amide bonds. The van der Waals surface area contributed by atoms with Crippen LogP contribution in [0.1, 0.15) is 0 Å². The summed E-state index contributed by atoms with van der Waals surface area (Å²) >= 11 is 0. The topological polar surface area (TPSA) is 13.0 Å². The number of fused-ring (bicyclic) bond motifs is 10. The second kappa shape index (κ2) is 12.9.